The first-order chi connectivity index (χ1) is 9.09. The maximum atomic E-state index is 11.7. The van der Waals surface area contributed by atoms with E-state index in [0.29, 0.717) is 6.54 Å². The van der Waals surface area contributed by atoms with Crippen molar-refractivity contribution in [1.82, 2.24) is 14.5 Å². The fourth-order valence-electron chi connectivity index (χ4n) is 2.38. The van der Waals surface area contributed by atoms with Crippen molar-refractivity contribution in [3.8, 4) is 0 Å². The van der Waals surface area contributed by atoms with Crippen molar-refractivity contribution in [3.05, 3.63) is 44.2 Å². The average molecular weight is 263 g/mol. The highest BCUT2D eigenvalue weighted by Crippen LogP contribution is 2.19. The maximum Gasteiger partial charge on any atom is 0.330 e. The second-order valence-corrected chi connectivity index (χ2v) is 5.06. The van der Waals surface area contributed by atoms with E-state index in [1.165, 1.54) is 42.5 Å². The zero-order valence-electron chi connectivity index (χ0n) is 11.6. The van der Waals surface area contributed by atoms with Gasteiger partial charge in [0.15, 0.2) is 0 Å². The zero-order chi connectivity index (χ0) is 13.8. The lowest BCUT2D eigenvalue weighted by atomic mass is 10.2. The molecule has 5 heteroatoms. The van der Waals surface area contributed by atoms with E-state index in [0.717, 1.165) is 23.2 Å². The minimum atomic E-state index is -0.275. The molecule has 1 aromatic heterocycles. The van der Waals surface area contributed by atoms with Crippen molar-refractivity contribution in [2.24, 2.45) is 14.1 Å². The van der Waals surface area contributed by atoms with Crippen LogP contribution in [0.2, 0.25) is 0 Å². The molecule has 0 saturated carbocycles. The Kier molecular flexibility index (Phi) is 4.37. The molecule has 0 bridgehead atoms. The van der Waals surface area contributed by atoms with Crippen LogP contribution in [-0.2, 0) is 20.6 Å². The molecule has 0 unspecified atom stereocenters. The highest BCUT2D eigenvalue weighted by Gasteiger charge is 2.06. The van der Waals surface area contributed by atoms with Crippen LogP contribution in [0.25, 0.3) is 0 Å². The third-order valence-electron chi connectivity index (χ3n) is 3.69. The first-order valence-corrected chi connectivity index (χ1v) is 6.74. The third kappa shape index (κ3) is 3.23. The summed E-state index contributed by atoms with van der Waals surface area (Å²) in [5.74, 6) is 0. The van der Waals surface area contributed by atoms with E-state index in [2.05, 4.69) is 11.4 Å². The van der Waals surface area contributed by atoms with E-state index < -0.39 is 0 Å². The molecule has 1 aromatic rings. The van der Waals surface area contributed by atoms with Gasteiger partial charge in [0, 0.05) is 32.4 Å². The normalized spacial score (nSPS) is 14.7. The summed E-state index contributed by atoms with van der Waals surface area (Å²) in [4.78, 5) is 23.3. The van der Waals surface area contributed by atoms with Crippen LogP contribution >= 0.6 is 0 Å². The third-order valence-corrected chi connectivity index (χ3v) is 3.69. The van der Waals surface area contributed by atoms with Crippen LogP contribution in [-0.4, -0.2) is 15.7 Å². The molecule has 0 fully saturated rings. The summed E-state index contributed by atoms with van der Waals surface area (Å²) in [6.45, 7) is 1.43. The predicted molar refractivity (Wildman–Crippen MR) is 75.2 cm³/mol. The summed E-state index contributed by atoms with van der Waals surface area (Å²) in [5, 5.41) is 3.29. The lowest BCUT2D eigenvalue weighted by molar-refractivity contribution is 0.598. The molecule has 0 spiro atoms. The lowest BCUT2D eigenvalue weighted by Gasteiger charge is -2.10. The minimum Gasteiger partial charge on any atom is -0.311 e. The van der Waals surface area contributed by atoms with Crippen molar-refractivity contribution in [1.29, 1.82) is 0 Å². The van der Waals surface area contributed by atoms with Crippen molar-refractivity contribution >= 4 is 0 Å². The van der Waals surface area contributed by atoms with Gasteiger partial charge < -0.3 is 5.32 Å². The van der Waals surface area contributed by atoms with E-state index in [1.807, 2.05) is 0 Å². The number of hydrogen-bond acceptors (Lipinski definition) is 3. The van der Waals surface area contributed by atoms with Gasteiger partial charge in [-0.2, -0.15) is 0 Å². The second-order valence-electron chi connectivity index (χ2n) is 5.06. The van der Waals surface area contributed by atoms with Crippen molar-refractivity contribution in [2.45, 2.75) is 32.2 Å². The molecule has 0 amide bonds. The summed E-state index contributed by atoms with van der Waals surface area (Å²) >= 11 is 0. The first kappa shape index (κ1) is 13.8. The summed E-state index contributed by atoms with van der Waals surface area (Å²) in [7, 11) is 3.19. The topological polar surface area (TPSA) is 56.0 Å². The smallest absolute Gasteiger partial charge is 0.311 e. The highest BCUT2D eigenvalue weighted by molar-refractivity contribution is 5.08. The largest absolute Gasteiger partial charge is 0.330 e. The van der Waals surface area contributed by atoms with Gasteiger partial charge in [0.2, 0.25) is 0 Å². The molecule has 0 aliphatic heterocycles. The van der Waals surface area contributed by atoms with Crippen LogP contribution in [0.15, 0.2) is 27.3 Å². The molecule has 19 heavy (non-hydrogen) atoms. The molecule has 0 aromatic carbocycles. The van der Waals surface area contributed by atoms with E-state index in [1.54, 1.807) is 7.05 Å². The second kappa shape index (κ2) is 6.02. The van der Waals surface area contributed by atoms with Crippen LogP contribution in [0.4, 0.5) is 0 Å². The van der Waals surface area contributed by atoms with E-state index >= 15 is 0 Å². The standard InChI is InChI=1S/C14H21N3O2/c1-16-12(9-13(18)17(2)14(16)19)10-15-8-7-11-5-3-4-6-11/h5,9,15H,3-4,6-8,10H2,1-2H3. The molecule has 1 N–H and O–H groups in total. The van der Waals surface area contributed by atoms with Crippen LogP contribution in [0.5, 0.6) is 0 Å². The summed E-state index contributed by atoms with van der Waals surface area (Å²) in [5.41, 5.74) is 1.72. The highest BCUT2D eigenvalue weighted by atomic mass is 16.2. The first-order valence-electron chi connectivity index (χ1n) is 6.74. The summed E-state index contributed by atoms with van der Waals surface area (Å²) < 4.78 is 2.63. The van der Waals surface area contributed by atoms with Crippen molar-refractivity contribution in [2.75, 3.05) is 6.54 Å². The van der Waals surface area contributed by atoms with Gasteiger partial charge in [-0.25, -0.2) is 4.79 Å². The van der Waals surface area contributed by atoms with E-state index in [-0.39, 0.29) is 11.2 Å². The molecule has 0 radical (unpaired) electrons. The van der Waals surface area contributed by atoms with Crippen LogP contribution in [0.1, 0.15) is 31.4 Å². The van der Waals surface area contributed by atoms with Gasteiger partial charge in [0.25, 0.3) is 5.56 Å². The maximum absolute atomic E-state index is 11.7. The molecule has 1 aliphatic rings. The minimum absolute atomic E-state index is 0.251. The molecule has 2 rings (SSSR count). The Bertz CT molecular complexity index is 596. The Hall–Kier alpha value is -1.62. The average Bonchev–Trinajstić information content (AvgIpc) is 2.91. The molecule has 1 aliphatic carbocycles. The monoisotopic (exact) mass is 263 g/mol. The van der Waals surface area contributed by atoms with Gasteiger partial charge >= 0.3 is 5.69 Å². The van der Waals surface area contributed by atoms with Gasteiger partial charge in [0.05, 0.1) is 0 Å². The number of hydrogen-bond donors (Lipinski definition) is 1. The fourth-order valence-corrected chi connectivity index (χ4v) is 2.38. The Morgan fingerprint density at radius 1 is 1.26 bits per heavy atom. The van der Waals surface area contributed by atoms with E-state index in [4.69, 9.17) is 0 Å². The Labute approximate surface area is 112 Å². The lowest BCUT2D eigenvalue weighted by Crippen LogP contribution is -2.39. The number of allylic oxidation sites excluding steroid dienone is 1. The van der Waals surface area contributed by atoms with Crippen LogP contribution in [0, 0.1) is 0 Å². The quantitative estimate of drug-likeness (QED) is 0.627. The number of nitrogens with one attached hydrogen (secondary N) is 1. The molecule has 0 atom stereocenters. The SMILES string of the molecule is Cn1c(CNCCC2=CCCC2)cc(=O)n(C)c1=O. The van der Waals surface area contributed by atoms with Gasteiger partial charge in [-0.15, -0.1) is 0 Å². The molecular weight excluding hydrogens is 242 g/mol. The Morgan fingerprint density at radius 2 is 2.05 bits per heavy atom. The number of rotatable bonds is 5. The predicted octanol–water partition coefficient (Wildman–Crippen LogP) is 0.674. The summed E-state index contributed by atoms with van der Waals surface area (Å²) in [6, 6.07) is 1.52. The van der Waals surface area contributed by atoms with Gasteiger partial charge in [-0.05, 0) is 32.2 Å². The zero-order valence-corrected chi connectivity index (χ0v) is 11.6. The Balaban J connectivity index is 1.93. The number of aromatic nitrogens is 2. The van der Waals surface area contributed by atoms with Gasteiger partial charge in [0.1, 0.15) is 0 Å². The molecule has 104 valence electrons. The molecule has 0 saturated heterocycles. The molecule has 1 heterocycles. The van der Waals surface area contributed by atoms with E-state index in [9.17, 15) is 9.59 Å². The summed E-state index contributed by atoms with van der Waals surface area (Å²) in [6.07, 6.45) is 7.07. The van der Waals surface area contributed by atoms with Crippen molar-refractivity contribution in [3.63, 3.8) is 0 Å². The molecular formula is C14H21N3O2. The number of nitrogens with zero attached hydrogens (tertiary/aromatic N) is 2. The van der Waals surface area contributed by atoms with Crippen molar-refractivity contribution < 1.29 is 0 Å². The fraction of sp³-hybridized carbons (Fsp3) is 0.571. The molecule has 5 nitrogen and oxygen atoms in total. The van der Waals surface area contributed by atoms with Gasteiger partial charge in [-0.1, -0.05) is 11.6 Å². The van der Waals surface area contributed by atoms with Crippen LogP contribution in [0.3, 0.4) is 0 Å². The Morgan fingerprint density at radius 3 is 2.74 bits per heavy atom. The van der Waals surface area contributed by atoms with Gasteiger partial charge in [-0.3, -0.25) is 13.9 Å². The van der Waals surface area contributed by atoms with Crippen LogP contribution < -0.4 is 16.6 Å².